The number of hydrogen-bond acceptors (Lipinski definition) is 3. The van der Waals surface area contributed by atoms with Crippen LogP contribution in [-0.2, 0) is 4.79 Å². The third kappa shape index (κ3) is 0.967. The van der Waals surface area contributed by atoms with Crippen LogP contribution in [0.1, 0.15) is 0 Å². The first-order chi connectivity index (χ1) is 5.79. The maximum absolute atomic E-state index is 11.1. The number of hydrogen-bond donors (Lipinski definition) is 1. The Balaban J connectivity index is 2.19. The first kappa shape index (κ1) is 7.24. The van der Waals surface area contributed by atoms with Crippen LogP contribution in [0.5, 0.6) is 0 Å². The summed E-state index contributed by atoms with van der Waals surface area (Å²) >= 11 is 0. The number of carbonyl (C=O) groups excluding carboxylic acids is 1. The highest BCUT2D eigenvalue weighted by Gasteiger charge is 2.34. The van der Waals surface area contributed by atoms with Gasteiger partial charge in [0, 0.05) is 6.20 Å². The Morgan fingerprint density at radius 2 is 2.50 bits per heavy atom. The summed E-state index contributed by atoms with van der Waals surface area (Å²) < 4.78 is 0. The summed E-state index contributed by atoms with van der Waals surface area (Å²) in [6.45, 7) is 0.602. The van der Waals surface area contributed by atoms with Gasteiger partial charge in [0.1, 0.15) is 6.04 Å². The van der Waals surface area contributed by atoms with E-state index in [1.165, 1.54) is 0 Å². The van der Waals surface area contributed by atoms with Crippen molar-refractivity contribution in [3.8, 4) is 0 Å². The Morgan fingerprint density at radius 3 is 3.00 bits per heavy atom. The Hall–Kier alpha value is -1.42. The molecule has 0 aliphatic carbocycles. The summed E-state index contributed by atoms with van der Waals surface area (Å²) in [5, 5.41) is 0. The fourth-order valence-electron chi connectivity index (χ4n) is 1.20. The fraction of sp³-hybridized carbons (Fsp3) is 0.250. The van der Waals surface area contributed by atoms with Crippen LogP contribution in [0.25, 0.3) is 0 Å². The van der Waals surface area contributed by atoms with Crippen molar-refractivity contribution in [2.75, 3.05) is 11.4 Å². The Bertz CT molecular complexity index is 298. The second-order valence-corrected chi connectivity index (χ2v) is 2.77. The van der Waals surface area contributed by atoms with Crippen molar-refractivity contribution in [2.45, 2.75) is 6.04 Å². The molecule has 1 aliphatic heterocycles. The summed E-state index contributed by atoms with van der Waals surface area (Å²) in [5.74, 6) is -0.0250. The van der Waals surface area contributed by atoms with Gasteiger partial charge in [-0.25, -0.2) is 0 Å². The van der Waals surface area contributed by atoms with Crippen LogP contribution in [0, 0.1) is 0 Å². The second-order valence-electron chi connectivity index (χ2n) is 2.77. The average Bonchev–Trinajstić information content (AvgIpc) is 2.15. The highest BCUT2D eigenvalue weighted by molar-refractivity contribution is 6.03. The van der Waals surface area contributed by atoms with E-state index in [1.807, 2.05) is 6.07 Å². The minimum Gasteiger partial charge on any atom is -0.318 e. The molecule has 1 atom stereocenters. The van der Waals surface area contributed by atoms with Gasteiger partial charge >= 0.3 is 0 Å². The van der Waals surface area contributed by atoms with Gasteiger partial charge in [-0.05, 0) is 12.1 Å². The van der Waals surface area contributed by atoms with E-state index in [-0.39, 0.29) is 11.9 Å². The van der Waals surface area contributed by atoms with Crippen LogP contribution in [-0.4, -0.2) is 23.5 Å². The molecule has 4 heteroatoms. The molecule has 1 unspecified atom stereocenters. The number of nitrogens with two attached hydrogens (primary N) is 1. The molecule has 1 amide bonds. The molecule has 2 rings (SSSR count). The van der Waals surface area contributed by atoms with E-state index in [9.17, 15) is 4.79 Å². The zero-order chi connectivity index (χ0) is 8.55. The standard InChI is InChI=1S/C8H9N3O/c9-7-5-11(8(7)12)6-2-1-3-10-4-6/h1-4,7H,5,9H2. The number of aromatic nitrogens is 1. The van der Waals surface area contributed by atoms with Crippen molar-refractivity contribution < 1.29 is 4.79 Å². The zero-order valence-electron chi connectivity index (χ0n) is 6.47. The Labute approximate surface area is 70.0 Å². The quantitative estimate of drug-likeness (QED) is 0.581. The molecule has 12 heavy (non-hydrogen) atoms. The van der Waals surface area contributed by atoms with Crippen LogP contribution in [0.2, 0.25) is 0 Å². The lowest BCUT2D eigenvalue weighted by atomic mass is 10.1. The summed E-state index contributed by atoms with van der Waals surface area (Å²) in [4.78, 5) is 16.7. The van der Waals surface area contributed by atoms with Gasteiger partial charge in [-0.2, -0.15) is 0 Å². The monoisotopic (exact) mass is 163 g/mol. The van der Waals surface area contributed by atoms with E-state index in [2.05, 4.69) is 4.98 Å². The molecule has 1 aromatic heterocycles. The molecule has 1 fully saturated rings. The highest BCUT2D eigenvalue weighted by atomic mass is 16.2. The van der Waals surface area contributed by atoms with Crippen molar-refractivity contribution >= 4 is 11.6 Å². The molecule has 62 valence electrons. The van der Waals surface area contributed by atoms with Crippen LogP contribution >= 0.6 is 0 Å². The molecule has 1 aliphatic rings. The molecule has 1 saturated heterocycles. The lowest BCUT2D eigenvalue weighted by Gasteiger charge is -2.35. The van der Waals surface area contributed by atoms with Crippen molar-refractivity contribution in [1.29, 1.82) is 0 Å². The fourth-order valence-corrected chi connectivity index (χ4v) is 1.20. The molecule has 0 saturated carbocycles. The lowest BCUT2D eigenvalue weighted by molar-refractivity contribution is -0.123. The van der Waals surface area contributed by atoms with Gasteiger partial charge in [-0.15, -0.1) is 0 Å². The van der Waals surface area contributed by atoms with Crippen molar-refractivity contribution in [2.24, 2.45) is 5.73 Å². The largest absolute Gasteiger partial charge is 0.318 e. The van der Waals surface area contributed by atoms with Crippen LogP contribution in [0.15, 0.2) is 24.5 Å². The van der Waals surface area contributed by atoms with Crippen LogP contribution in [0.4, 0.5) is 5.69 Å². The minimum absolute atomic E-state index is 0.0250. The second kappa shape index (κ2) is 2.57. The van der Waals surface area contributed by atoms with E-state index in [4.69, 9.17) is 5.73 Å². The number of β-lactam (4-membered cyclic amide) rings is 1. The van der Waals surface area contributed by atoms with Crippen LogP contribution in [0.3, 0.4) is 0 Å². The number of amides is 1. The Kier molecular flexibility index (Phi) is 1.55. The first-order valence-corrected chi connectivity index (χ1v) is 3.76. The topological polar surface area (TPSA) is 59.2 Å². The molecule has 1 aromatic rings. The molecular formula is C8H9N3O. The summed E-state index contributed by atoms with van der Waals surface area (Å²) in [7, 11) is 0. The molecule has 0 spiro atoms. The maximum atomic E-state index is 11.1. The number of anilines is 1. The maximum Gasteiger partial charge on any atom is 0.245 e. The highest BCUT2D eigenvalue weighted by Crippen LogP contribution is 2.18. The molecule has 2 heterocycles. The molecule has 2 N–H and O–H groups in total. The van der Waals surface area contributed by atoms with Crippen LogP contribution < -0.4 is 10.6 Å². The summed E-state index contributed by atoms with van der Waals surface area (Å²) in [6, 6.07) is 3.33. The number of pyridine rings is 1. The molecule has 0 aromatic carbocycles. The SMILES string of the molecule is NC1CN(c2cccnc2)C1=O. The average molecular weight is 163 g/mol. The normalized spacial score (nSPS) is 22.2. The van der Waals surface area contributed by atoms with E-state index < -0.39 is 0 Å². The molecular weight excluding hydrogens is 154 g/mol. The summed E-state index contributed by atoms with van der Waals surface area (Å²) in [6.07, 6.45) is 3.33. The predicted octanol–water partition coefficient (Wildman–Crippen LogP) is -0.245. The van der Waals surface area contributed by atoms with E-state index >= 15 is 0 Å². The number of carbonyl (C=O) groups is 1. The zero-order valence-corrected chi connectivity index (χ0v) is 6.47. The third-order valence-electron chi connectivity index (χ3n) is 1.92. The van der Waals surface area contributed by atoms with Crippen molar-refractivity contribution in [3.63, 3.8) is 0 Å². The van der Waals surface area contributed by atoms with Gasteiger partial charge in [-0.3, -0.25) is 9.78 Å². The third-order valence-corrected chi connectivity index (χ3v) is 1.92. The lowest BCUT2D eigenvalue weighted by Crippen LogP contribution is -2.61. The van der Waals surface area contributed by atoms with Crippen molar-refractivity contribution in [1.82, 2.24) is 4.98 Å². The van der Waals surface area contributed by atoms with Gasteiger partial charge < -0.3 is 10.6 Å². The molecule has 4 nitrogen and oxygen atoms in total. The van der Waals surface area contributed by atoms with Gasteiger partial charge in [-0.1, -0.05) is 0 Å². The predicted molar refractivity (Wildman–Crippen MR) is 44.6 cm³/mol. The minimum atomic E-state index is -0.315. The van der Waals surface area contributed by atoms with E-state index in [0.29, 0.717) is 6.54 Å². The number of rotatable bonds is 1. The Morgan fingerprint density at radius 1 is 1.67 bits per heavy atom. The molecule has 0 radical (unpaired) electrons. The van der Waals surface area contributed by atoms with Crippen molar-refractivity contribution in [3.05, 3.63) is 24.5 Å². The van der Waals surface area contributed by atoms with E-state index in [1.54, 1.807) is 23.4 Å². The van der Waals surface area contributed by atoms with Gasteiger partial charge in [0.25, 0.3) is 0 Å². The summed E-state index contributed by atoms with van der Waals surface area (Å²) in [5.41, 5.74) is 6.26. The smallest absolute Gasteiger partial charge is 0.245 e. The van der Waals surface area contributed by atoms with Gasteiger partial charge in [0.2, 0.25) is 5.91 Å². The number of nitrogens with zero attached hydrogens (tertiary/aromatic N) is 2. The van der Waals surface area contributed by atoms with E-state index in [0.717, 1.165) is 5.69 Å². The van der Waals surface area contributed by atoms with Gasteiger partial charge in [0.15, 0.2) is 0 Å². The molecule has 0 bridgehead atoms. The van der Waals surface area contributed by atoms with Gasteiger partial charge in [0.05, 0.1) is 18.4 Å². The first-order valence-electron chi connectivity index (χ1n) is 3.76.